The predicted octanol–water partition coefficient (Wildman–Crippen LogP) is 1.58. The first-order valence-corrected chi connectivity index (χ1v) is 5.69. The summed E-state index contributed by atoms with van der Waals surface area (Å²) in [6.45, 7) is -0.321. The zero-order valence-electron chi connectivity index (χ0n) is 8.92. The Morgan fingerprint density at radius 3 is 2.88 bits per heavy atom. The van der Waals surface area contributed by atoms with Crippen LogP contribution >= 0.6 is 11.3 Å². The average Bonchev–Trinajstić information content (AvgIpc) is 2.76. The van der Waals surface area contributed by atoms with Crippen molar-refractivity contribution in [2.45, 2.75) is 6.42 Å². The van der Waals surface area contributed by atoms with Crippen LogP contribution in [0.5, 0.6) is 0 Å². The van der Waals surface area contributed by atoms with E-state index in [-0.39, 0.29) is 13.0 Å². The van der Waals surface area contributed by atoms with Gasteiger partial charge in [0.25, 0.3) is 0 Å². The van der Waals surface area contributed by atoms with Gasteiger partial charge in [0, 0.05) is 6.54 Å². The lowest BCUT2D eigenvalue weighted by atomic mass is 10.4. The van der Waals surface area contributed by atoms with Gasteiger partial charge < -0.3 is 10.0 Å². The van der Waals surface area contributed by atoms with Crippen molar-refractivity contribution in [1.29, 1.82) is 5.26 Å². The molecule has 7 heteroatoms. The van der Waals surface area contributed by atoms with Crippen molar-refractivity contribution in [3.8, 4) is 6.07 Å². The Morgan fingerprint density at radius 2 is 2.35 bits per heavy atom. The van der Waals surface area contributed by atoms with Crippen LogP contribution in [0.3, 0.4) is 0 Å². The molecule has 0 radical (unpaired) electrons. The fourth-order valence-corrected chi connectivity index (χ4v) is 1.74. The number of carboxylic acids is 1. The van der Waals surface area contributed by atoms with E-state index in [9.17, 15) is 9.59 Å². The quantitative estimate of drug-likeness (QED) is 0.833. The molecule has 90 valence electrons. The Bertz CT molecular complexity index is 425. The highest BCUT2D eigenvalue weighted by Crippen LogP contribution is 2.15. The van der Waals surface area contributed by atoms with E-state index in [4.69, 9.17) is 10.4 Å². The number of nitriles is 1. The summed E-state index contributed by atoms with van der Waals surface area (Å²) in [6, 6.07) is 4.85. The van der Waals surface area contributed by atoms with Gasteiger partial charge in [-0.3, -0.25) is 10.1 Å². The molecule has 0 saturated carbocycles. The number of carbonyl (C=O) groups is 2. The largest absolute Gasteiger partial charge is 0.480 e. The standard InChI is InChI=1S/C10H11N3O3S/c11-4-2-5-13(7-9(14)15)10(16)12-8-3-1-6-17-8/h1,3,6H,2,5,7H2,(H,12,16)(H,14,15). The number of nitrogens with zero attached hydrogens (tertiary/aromatic N) is 2. The molecular weight excluding hydrogens is 242 g/mol. The first kappa shape index (κ1) is 13.0. The topological polar surface area (TPSA) is 93.4 Å². The molecule has 1 aromatic heterocycles. The minimum atomic E-state index is -1.11. The lowest BCUT2D eigenvalue weighted by Gasteiger charge is -2.19. The van der Waals surface area contributed by atoms with Gasteiger partial charge in [0.15, 0.2) is 0 Å². The molecule has 0 aromatic carbocycles. The van der Waals surface area contributed by atoms with Gasteiger partial charge in [-0.15, -0.1) is 11.3 Å². The van der Waals surface area contributed by atoms with Crippen LogP contribution in [0.4, 0.5) is 9.80 Å². The van der Waals surface area contributed by atoms with Crippen LogP contribution < -0.4 is 5.32 Å². The van der Waals surface area contributed by atoms with Crippen LogP contribution in [-0.4, -0.2) is 35.1 Å². The molecule has 0 atom stereocenters. The smallest absolute Gasteiger partial charge is 0.323 e. The average molecular weight is 253 g/mol. The van der Waals surface area contributed by atoms with Crippen molar-refractivity contribution < 1.29 is 14.7 Å². The highest BCUT2D eigenvalue weighted by Gasteiger charge is 2.16. The van der Waals surface area contributed by atoms with Gasteiger partial charge in [-0.05, 0) is 17.5 Å². The molecule has 1 rings (SSSR count). The summed E-state index contributed by atoms with van der Waals surface area (Å²) in [5, 5.41) is 22.1. The van der Waals surface area contributed by atoms with Gasteiger partial charge in [0.05, 0.1) is 17.5 Å². The molecule has 6 nitrogen and oxygen atoms in total. The second kappa shape index (κ2) is 6.50. The van der Waals surface area contributed by atoms with E-state index in [0.29, 0.717) is 5.00 Å². The second-order valence-corrected chi connectivity index (χ2v) is 4.08. The second-order valence-electron chi connectivity index (χ2n) is 3.13. The summed E-state index contributed by atoms with van der Waals surface area (Å²) in [6.07, 6.45) is 0.102. The first-order valence-electron chi connectivity index (χ1n) is 4.81. The SMILES string of the molecule is N#CCCN(CC(=O)O)C(=O)Nc1cccs1. The summed E-state index contributed by atoms with van der Waals surface area (Å²) in [4.78, 5) is 23.4. The van der Waals surface area contributed by atoms with E-state index in [1.165, 1.54) is 11.3 Å². The Balaban J connectivity index is 2.59. The Kier molecular flexibility index (Phi) is 4.97. The van der Waals surface area contributed by atoms with Crippen molar-refractivity contribution in [1.82, 2.24) is 4.90 Å². The minimum absolute atomic E-state index is 0.0972. The molecule has 0 unspecified atom stereocenters. The highest BCUT2D eigenvalue weighted by molar-refractivity contribution is 7.14. The molecule has 0 aliphatic heterocycles. The third-order valence-electron chi connectivity index (χ3n) is 1.86. The number of hydrogen-bond acceptors (Lipinski definition) is 4. The van der Waals surface area contributed by atoms with Crippen LogP contribution in [0.25, 0.3) is 0 Å². The number of aliphatic carboxylic acids is 1. The zero-order chi connectivity index (χ0) is 12.7. The maximum atomic E-state index is 11.7. The molecule has 0 bridgehead atoms. The molecule has 0 aliphatic carbocycles. The number of hydrogen-bond donors (Lipinski definition) is 2. The molecule has 2 amide bonds. The third kappa shape index (κ3) is 4.53. The van der Waals surface area contributed by atoms with E-state index in [2.05, 4.69) is 5.32 Å². The fraction of sp³-hybridized carbons (Fsp3) is 0.300. The normalized spacial score (nSPS) is 9.35. The van der Waals surface area contributed by atoms with Crippen LogP contribution in [0.15, 0.2) is 17.5 Å². The maximum Gasteiger partial charge on any atom is 0.323 e. The summed E-state index contributed by atoms with van der Waals surface area (Å²) >= 11 is 1.34. The Labute approximate surface area is 102 Å². The van der Waals surface area contributed by atoms with Crippen LogP contribution in [0.2, 0.25) is 0 Å². The molecule has 1 aromatic rings. The van der Waals surface area contributed by atoms with E-state index in [0.717, 1.165) is 4.90 Å². The van der Waals surface area contributed by atoms with Crippen molar-refractivity contribution in [3.05, 3.63) is 17.5 Å². The summed E-state index contributed by atoms with van der Waals surface area (Å²) < 4.78 is 0. The molecular formula is C10H11N3O3S. The number of thiophene rings is 1. The molecule has 0 fully saturated rings. The Morgan fingerprint density at radius 1 is 1.59 bits per heavy atom. The van der Waals surface area contributed by atoms with Gasteiger partial charge >= 0.3 is 12.0 Å². The van der Waals surface area contributed by atoms with Gasteiger partial charge in [-0.1, -0.05) is 0 Å². The van der Waals surface area contributed by atoms with Crippen LogP contribution in [0.1, 0.15) is 6.42 Å². The van der Waals surface area contributed by atoms with Crippen molar-refractivity contribution in [3.63, 3.8) is 0 Å². The van der Waals surface area contributed by atoms with Gasteiger partial charge in [0.1, 0.15) is 6.54 Å². The number of carboxylic acid groups (broad SMARTS) is 1. The number of anilines is 1. The lowest BCUT2D eigenvalue weighted by molar-refractivity contribution is -0.137. The van der Waals surface area contributed by atoms with Gasteiger partial charge in [0.2, 0.25) is 0 Å². The molecule has 0 saturated heterocycles. The summed E-state index contributed by atoms with van der Waals surface area (Å²) in [5.74, 6) is -1.11. The van der Waals surface area contributed by atoms with E-state index < -0.39 is 18.5 Å². The Hall–Kier alpha value is -2.07. The van der Waals surface area contributed by atoms with Crippen molar-refractivity contribution >= 4 is 28.3 Å². The maximum absolute atomic E-state index is 11.7. The molecule has 0 spiro atoms. The van der Waals surface area contributed by atoms with Gasteiger partial charge in [-0.25, -0.2) is 4.79 Å². The lowest BCUT2D eigenvalue weighted by Crippen LogP contribution is -2.39. The number of carbonyl (C=O) groups excluding carboxylic acids is 1. The molecule has 1 heterocycles. The third-order valence-corrected chi connectivity index (χ3v) is 2.64. The van der Waals surface area contributed by atoms with Crippen LogP contribution in [-0.2, 0) is 4.79 Å². The first-order chi connectivity index (χ1) is 8.13. The van der Waals surface area contributed by atoms with Crippen LogP contribution in [0, 0.1) is 11.3 Å². The summed E-state index contributed by atoms with van der Waals surface area (Å²) in [7, 11) is 0. The van der Waals surface area contributed by atoms with E-state index >= 15 is 0 Å². The van der Waals surface area contributed by atoms with Crippen molar-refractivity contribution in [2.75, 3.05) is 18.4 Å². The predicted molar refractivity (Wildman–Crippen MR) is 62.8 cm³/mol. The molecule has 2 N–H and O–H groups in total. The number of amides is 2. The number of nitrogens with one attached hydrogen (secondary N) is 1. The zero-order valence-corrected chi connectivity index (χ0v) is 9.74. The minimum Gasteiger partial charge on any atom is -0.480 e. The number of urea groups is 1. The van der Waals surface area contributed by atoms with Crippen molar-refractivity contribution in [2.24, 2.45) is 0 Å². The fourth-order valence-electron chi connectivity index (χ4n) is 1.13. The number of rotatable bonds is 5. The van der Waals surface area contributed by atoms with E-state index in [1.54, 1.807) is 17.5 Å². The van der Waals surface area contributed by atoms with Gasteiger partial charge in [-0.2, -0.15) is 5.26 Å². The summed E-state index contributed by atoms with van der Waals surface area (Å²) in [5.41, 5.74) is 0. The monoisotopic (exact) mass is 253 g/mol. The highest BCUT2D eigenvalue weighted by atomic mass is 32.1. The molecule has 0 aliphatic rings. The molecule has 17 heavy (non-hydrogen) atoms. The van der Waals surface area contributed by atoms with E-state index in [1.807, 2.05) is 6.07 Å².